The standard InChI is InChI=1S/C17H16N2O2/c1-2-3-12-4-7-14(8-5-12)19-17(20)13-6-9-16-15(10-13)18-11-21-16/h4-11H,2-3H2,1H3,(H,19,20). The van der Waals surface area contributed by atoms with Gasteiger partial charge >= 0.3 is 0 Å². The number of aromatic nitrogens is 1. The molecule has 3 rings (SSSR count). The van der Waals surface area contributed by atoms with Crippen LogP contribution < -0.4 is 5.32 Å². The number of benzene rings is 2. The van der Waals surface area contributed by atoms with Crippen LogP contribution in [0.1, 0.15) is 29.3 Å². The van der Waals surface area contributed by atoms with Gasteiger partial charge in [0.15, 0.2) is 12.0 Å². The lowest BCUT2D eigenvalue weighted by molar-refractivity contribution is 0.102. The van der Waals surface area contributed by atoms with E-state index in [0.29, 0.717) is 16.7 Å². The van der Waals surface area contributed by atoms with Gasteiger partial charge in [0.25, 0.3) is 5.91 Å². The summed E-state index contributed by atoms with van der Waals surface area (Å²) < 4.78 is 5.16. The second-order valence-corrected chi connectivity index (χ2v) is 4.94. The van der Waals surface area contributed by atoms with E-state index in [9.17, 15) is 4.79 Å². The molecular formula is C17H16N2O2. The van der Waals surface area contributed by atoms with Crippen molar-refractivity contribution in [2.75, 3.05) is 5.32 Å². The van der Waals surface area contributed by atoms with Crippen molar-refractivity contribution in [3.63, 3.8) is 0 Å². The Balaban J connectivity index is 1.75. The predicted octanol–water partition coefficient (Wildman–Crippen LogP) is 4.03. The Hall–Kier alpha value is -2.62. The molecule has 0 atom stereocenters. The summed E-state index contributed by atoms with van der Waals surface area (Å²) in [4.78, 5) is 16.3. The predicted molar refractivity (Wildman–Crippen MR) is 82.4 cm³/mol. The van der Waals surface area contributed by atoms with Gasteiger partial charge in [-0.3, -0.25) is 4.79 Å². The van der Waals surface area contributed by atoms with Gasteiger partial charge in [-0.15, -0.1) is 0 Å². The van der Waals surface area contributed by atoms with Gasteiger partial charge in [0.1, 0.15) is 5.52 Å². The summed E-state index contributed by atoms with van der Waals surface area (Å²) in [6.07, 6.45) is 3.54. The van der Waals surface area contributed by atoms with Crippen molar-refractivity contribution >= 4 is 22.7 Å². The number of anilines is 1. The van der Waals surface area contributed by atoms with E-state index in [1.54, 1.807) is 18.2 Å². The maximum absolute atomic E-state index is 12.2. The third-order valence-corrected chi connectivity index (χ3v) is 3.34. The molecule has 1 N–H and O–H groups in total. The molecule has 0 aliphatic heterocycles. The van der Waals surface area contributed by atoms with Crippen LogP contribution in [0.15, 0.2) is 53.3 Å². The fourth-order valence-corrected chi connectivity index (χ4v) is 2.25. The van der Waals surface area contributed by atoms with Crippen LogP contribution >= 0.6 is 0 Å². The molecule has 1 amide bonds. The molecule has 2 aromatic carbocycles. The molecule has 0 unspecified atom stereocenters. The molecule has 1 heterocycles. The Morgan fingerprint density at radius 3 is 2.76 bits per heavy atom. The quantitative estimate of drug-likeness (QED) is 0.785. The number of nitrogens with zero attached hydrogens (tertiary/aromatic N) is 1. The first kappa shape index (κ1) is 13.4. The molecule has 1 aromatic heterocycles. The van der Waals surface area contributed by atoms with Crippen molar-refractivity contribution in [3.05, 3.63) is 60.0 Å². The van der Waals surface area contributed by atoms with Crippen LogP contribution in [0, 0.1) is 0 Å². The summed E-state index contributed by atoms with van der Waals surface area (Å²) in [5, 5.41) is 2.89. The maximum Gasteiger partial charge on any atom is 0.255 e. The minimum absolute atomic E-state index is 0.150. The van der Waals surface area contributed by atoms with Gasteiger partial charge in [-0.25, -0.2) is 4.98 Å². The molecule has 0 saturated carbocycles. The Morgan fingerprint density at radius 1 is 1.19 bits per heavy atom. The van der Waals surface area contributed by atoms with Crippen molar-refractivity contribution in [2.24, 2.45) is 0 Å². The Labute approximate surface area is 122 Å². The summed E-state index contributed by atoms with van der Waals surface area (Å²) in [7, 11) is 0. The molecule has 21 heavy (non-hydrogen) atoms. The number of hydrogen-bond acceptors (Lipinski definition) is 3. The molecule has 4 nitrogen and oxygen atoms in total. The van der Waals surface area contributed by atoms with Gasteiger partial charge < -0.3 is 9.73 Å². The van der Waals surface area contributed by atoms with Gasteiger partial charge in [0, 0.05) is 11.3 Å². The molecule has 0 spiro atoms. The van der Waals surface area contributed by atoms with Crippen molar-refractivity contribution in [1.29, 1.82) is 0 Å². The monoisotopic (exact) mass is 280 g/mol. The van der Waals surface area contributed by atoms with Gasteiger partial charge in [0.2, 0.25) is 0 Å². The Bertz CT molecular complexity index is 760. The molecule has 106 valence electrons. The van der Waals surface area contributed by atoms with Crippen molar-refractivity contribution in [2.45, 2.75) is 19.8 Å². The first-order valence-corrected chi connectivity index (χ1v) is 7.00. The van der Waals surface area contributed by atoms with E-state index in [1.807, 2.05) is 24.3 Å². The number of nitrogens with one attached hydrogen (secondary N) is 1. The van der Waals surface area contributed by atoms with E-state index < -0.39 is 0 Å². The van der Waals surface area contributed by atoms with Gasteiger partial charge in [-0.1, -0.05) is 25.5 Å². The Kier molecular flexibility index (Phi) is 3.69. The highest BCUT2D eigenvalue weighted by molar-refractivity contribution is 6.05. The zero-order valence-electron chi connectivity index (χ0n) is 11.8. The van der Waals surface area contributed by atoms with E-state index in [1.165, 1.54) is 12.0 Å². The fourth-order valence-electron chi connectivity index (χ4n) is 2.25. The number of carbonyl (C=O) groups excluding carboxylic acids is 1. The first-order valence-electron chi connectivity index (χ1n) is 7.00. The van der Waals surface area contributed by atoms with Crippen molar-refractivity contribution in [1.82, 2.24) is 4.98 Å². The van der Waals surface area contributed by atoms with Crippen molar-refractivity contribution < 1.29 is 9.21 Å². The first-order chi connectivity index (χ1) is 10.3. The SMILES string of the molecule is CCCc1ccc(NC(=O)c2ccc3ocnc3c2)cc1. The van der Waals surface area contributed by atoms with Crippen LogP contribution in [-0.4, -0.2) is 10.9 Å². The van der Waals surface area contributed by atoms with Gasteiger partial charge in [0.05, 0.1) is 0 Å². The van der Waals surface area contributed by atoms with Crippen LogP contribution in [0.2, 0.25) is 0 Å². The lowest BCUT2D eigenvalue weighted by Gasteiger charge is -2.06. The summed E-state index contributed by atoms with van der Waals surface area (Å²) in [6, 6.07) is 13.1. The summed E-state index contributed by atoms with van der Waals surface area (Å²) >= 11 is 0. The van der Waals surface area contributed by atoms with E-state index in [-0.39, 0.29) is 5.91 Å². The largest absolute Gasteiger partial charge is 0.443 e. The molecule has 0 radical (unpaired) electrons. The number of amides is 1. The third-order valence-electron chi connectivity index (χ3n) is 3.34. The van der Waals surface area contributed by atoms with E-state index in [4.69, 9.17) is 4.42 Å². The minimum Gasteiger partial charge on any atom is -0.443 e. The molecule has 0 bridgehead atoms. The minimum atomic E-state index is -0.150. The highest BCUT2D eigenvalue weighted by Crippen LogP contribution is 2.16. The lowest BCUT2D eigenvalue weighted by atomic mass is 10.1. The fraction of sp³-hybridized carbons (Fsp3) is 0.176. The average molecular weight is 280 g/mol. The topological polar surface area (TPSA) is 55.1 Å². The van der Waals surface area contributed by atoms with Crippen LogP contribution in [0.25, 0.3) is 11.1 Å². The summed E-state index contributed by atoms with van der Waals surface area (Å²) in [5.74, 6) is -0.150. The summed E-state index contributed by atoms with van der Waals surface area (Å²) in [5.41, 5.74) is 3.99. The summed E-state index contributed by atoms with van der Waals surface area (Å²) in [6.45, 7) is 2.15. The molecular weight excluding hydrogens is 264 g/mol. The highest BCUT2D eigenvalue weighted by atomic mass is 16.3. The third kappa shape index (κ3) is 2.94. The highest BCUT2D eigenvalue weighted by Gasteiger charge is 2.08. The van der Waals surface area contributed by atoms with Crippen LogP contribution in [0.4, 0.5) is 5.69 Å². The lowest BCUT2D eigenvalue weighted by Crippen LogP contribution is -2.11. The average Bonchev–Trinajstić information content (AvgIpc) is 2.97. The number of hydrogen-bond donors (Lipinski definition) is 1. The number of aryl methyl sites for hydroxylation is 1. The van der Waals surface area contributed by atoms with E-state index >= 15 is 0 Å². The van der Waals surface area contributed by atoms with E-state index in [2.05, 4.69) is 17.2 Å². The molecule has 3 aromatic rings. The maximum atomic E-state index is 12.2. The number of fused-ring (bicyclic) bond motifs is 1. The molecule has 0 saturated heterocycles. The molecule has 0 fully saturated rings. The van der Waals surface area contributed by atoms with Crippen LogP contribution in [-0.2, 0) is 6.42 Å². The molecule has 0 aliphatic rings. The second kappa shape index (κ2) is 5.79. The second-order valence-electron chi connectivity index (χ2n) is 4.94. The smallest absolute Gasteiger partial charge is 0.255 e. The zero-order valence-corrected chi connectivity index (χ0v) is 11.8. The molecule has 0 aliphatic carbocycles. The van der Waals surface area contributed by atoms with Crippen molar-refractivity contribution in [3.8, 4) is 0 Å². The number of oxazole rings is 1. The van der Waals surface area contributed by atoms with Gasteiger partial charge in [-0.2, -0.15) is 0 Å². The van der Waals surface area contributed by atoms with Crippen LogP contribution in [0.5, 0.6) is 0 Å². The number of carbonyl (C=O) groups is 1. The van der Waals surface area contributed by atoms with E-state index in [0.717, 1.165) is 18.5 Å². The molecule has 4 heteroatoms. The van der Waals surface area contributed by atoms with Crippen LogP contribution in [0.3, 0.4) is 0 Å². The number of rotatable bonds is 4. The zero-order chi connectivity index (χ0) is 14.7. The Morgan fingerprint density at radius 2 is 2.00 bits per heavy atom. The normalized spacial score (nSPS) is 10.7. The van der Waals surface area contributed by atoms with Gasteiger partial charge in [-0.05, 0) is 42.3 Å².